The molecule has 0 spiro atoms. The van der Waals surface area contributed by atoms with Gasteiger partial charge in [0, 0.05) is 36.6 Å². The van der Waals surface area contributed by atoms with Crippen molar-refractivity contribution in [2.24, 2.45) is 0 Å². The molecular weight excluding hydrogens is 595 g/mol. The Kier molecular flexibility index (Phi) is 11.0. The molecule has 0 saturated carbocycles. The highest BCUT2D eigenvalue weighted by molar-refractivity contribution is 7.59. The molecular formula is C29H35FN6O5S2. The second kappa shape index (κ2) is 14.0. The number of thiophene rings is 1. The minimum absolute atomic E-state index is 0. The number of rotatable bonds is 11. The van der Waals surface area contributed by atoms with Gasteiger partial charge in [0.2, 0.25) is 5.91 Å². The zero-order valence-corrected chi connectivity index (χ0v) is 26.6. The number of aromatic nitrogens is 4. The summed E-state index contributed by atoms with van der Waals surface area (Å²) in [5.74, 6) is -0.604. The fraction of sp³-hybridized carbons (Fsp3) is 0.414. The minimum Gasteiger partial charge on any atom is -0.496 e. The van der Waals surface area contributed by atoms with Gasteiger partial charge in [-0.3, -0.25) is 14.2 Å². The Hall–Kier alpha value is -3.93. The molecule has 43 heavy (non-hydrogen) atoms. The van der Waals surface area contributed by atoms with Crippen molar-refractivity contribution in [1.82, 2.24) is 23.8 Å². The zero-order chi connectivity index (χ0) is 30.7. The Morgan fingerprint density at radius 3 is 2.58 bits per heavy atom. The number of likely N-dealkylation sites (N-methyl/N-ethyl adjacent to an activating group) is 1. The van der Waals surface area contributed by atoms with Crippen molar-refractivity contribution >= 4 is 41.0 Å². The number of carbonyl (C=O) groups is 1. The van der Waals surface area contributed by atoms with Gasteiger partial charge in [-0.05, 0) is 52.0 Å². The molecule has 4 aromatic rings. The van der Waals surface area contributed by atoms with E-state index in [1.807, 2.05) is 19.9 Å². The van der Waals surface area contributed by atoms with Crippen molar-refractivity contribution in [3.63, 3.8) is 0 Å². The van der Waals surface area contributed by atoms with Crippen LogP contribution in [0, 0.1) is 24.1 Å². The topological polar surface area (TPSA) is 124 Å². The van der Waals surface area contributed by atoms with E-state index in [9.17, 15) is 18.8 Å². The van der Waals surface area contributed by atoms with Crippen LogP contribution < -0.4 is 16.0 Å². The Morgan fingerprint density at radius 1 is 1.26 bits per heavy atom. The van der Waals surface area contributed by atoms with Crippen molar-refractivity contribution in [3.05, 3.63) is 74.4 Å². The Morgan fingerprint density at radius 2 is 1.98 bits per heavy atom. The molecule has 4 rings (SSSR count). The van der Waals surface area contributed by atoms with E-state index in [1.54, 1.807) is 37.1 Å². The number of aryl methyl sites for hydroxylation is 1. The number of amides is 1. The summed E-state index contributed by atoms with van der Waals surface area (Å²) in [6.45, 7) is 6.81. The molecule has 0 aliphatic carbocycles. The molecule has 3 heterocycles. The molecule has 0 saturated heterocycles. The molecule has 0 N–H and O–H groups in total. The number of hydrogen-bond acceptors (Lipinski definition) is 8. The molecule has 0 unspecified atom stereocenters. The van der Waals surface area contributed by atoms with E-state index in [0.29, 0.717) is 26.7 Å². The predicted octanol–water partition coefficient (Wildman–Crippen LogP) is 4.08. The second-order valence-electron chi connectivity index (χ2n) is 10.1. The number of nitriles is 1. The molecule has 0 aliphatic rings. The lowest BCUT2D eigenvalue weighted by atomic mass is 10.1. The van der Waals surface area contributed by atoms with E-state index < -0.39 is 35.1 Å². The van der Waals surface area contributed by atoms with Crippen LogP contribution in [0.4, 0.5) is 4.39 Å². The highest BCUT2D eigenvalue weighted by Crippen LogP contribution is 2.34. The maximum Gasteiger partial charge on any atom is 0.332 e. The predicted molar refractivity (Wildman–Crippen MR) is 167 cm³/mol. The molecule has 11 nitrogen and oxygen atoms in total. The van der Waals surface area contributed by atoms with E-state index >= 15 is 0 Å². The summed E-state index contributed by atoms with van der Waals surface area (Å²) in [5.41, 5.74) is -0.393. The Bertz CT molecular complexity index is 1760. The van der Waals surface area contributed by atoms with Crippen LogP contribution in [-0.2, 0) is 16.1 Å². The van der Waals surface area contributed by atoms with Crippen molar-refractivity contribution in [2.45, 2.75) is 58.8 Å². The molecule has 1 aromatic carbocycles. The van der Waals surface area contributed by atoms with Crippen LogP contribution in [0.2, 0.25) is 0 Å². The number of methoxy groups -OCH3 is 1. The molecule has 1 amide bonds. The first kappa shape index (κ1) is 33.6. The van der Waals surface area contributed by atoms with E-state index in [4.69, 9.17) is 14.7 Å². The van der Waals surface area contributed by atoms with Gasteiger partial charge in [0.1, 0.15) is 33.5 Å². The average Bonchev–Trinajstić information content (AvgIpc) is 3.61. The Balaban J connectivity index is 0.00000506. The summed E-state index contributed by atoms with van der Waals surface area (Å²) >= 11 is 1.20. The number of fused-ring (bicyclic) bond motifs is 1. The normalized spacial score (nSPS) is 12.5. The van der Waals surface area contributed by atoms with Gasteiger partial charge in [0.05, 0.1) is 38.1 Å². The first-order valence-corrected chi connectivity index (χ1v) is 14.2. The first-order valence-electron chi connectivity index (χ1n) is 13.4. The third kappa shape index (κ3) is 6.53. The number of nitrogens with zero attached hydrogens (tertiary/aromatic N) is 6. The fourth-order valence-corrected chi connectivity index (χ4v) is 5.98. The largest absolute Gasteiger partial charge is 0.496 e. The number of halogens is 1. The SMILES string of the molecule is COc1ccc(F)cc1[C@H](Cn1c(=O)n([C@@H](C)C(=O)N(C)C(C)C)c(=O)c2c(C)c(-n3cccn3)sc21)OCCC#N.S. The second-order valence-corrected chi connectivity index (χ2v) is 11.1. The smallest absolute Gasteiger partial charge is 0.332 e. The lowest BCUT2D eigenvalue weighted by molar-refractivity contribution is -0.134. The maximum absolute atomic E-state index is 14.4. The van der Waals surface area contributed by atoms with Gasteiger partial charge in [0.15, 0.2) is 0 Å². The number of hydrogen-bond donors (Lipinski definition) is 0. The minimum atomic E-state index is -1.11. The summed E-state index contributed by atoms with van der Waals surface area (Å²) in [6, 6.07) is 6.45. The van der Waals surface area contributed by atoms with Gasteiger partial charge in [-0.15, -0.1) is 0 Å². The zero-order valence-electron chi connectivity index (χ0n) is 24.8. The van der Waals surface area contributed by atoms with E-state index in [-0.39, 0.29) is 44.5 Å². The third-order valence-electron chi connectivity index (χ3n) is 7.22. The van der Waals surface area contributed by atoms with Crippen molar-refractivity contribution < 1.29 is 18.7 Å². The number of benzene rings is 1. The average molecular weight is 631 g/mol. The van der Waals surface area contributed by atoms with Crippen LogP contribution in [0.25, 0.3) is 15.2 Å². The Labute approximate surface area is 259 Å². The van der Waals surface area contributed by atoms with Crippen molar-refractivity contribution in [1.29, 1.82) is 5.26 Å². The van der Waals surface area contributed by atoms with Gasteiger partial charge in [0.25, 0.3) is 5.56 Å². The molecule has 0 aliphatic heterocycles. The van der Waals surface area contributed by atoms with Crippen molar-refractivity contribution in [2.75, 3.05) is 20.8 Å². The monoisotopic (exact) mass is 630 g/mol. The summed E-state index contributed by atoms with van der Waals surface area (Å²) in [4.78, 5) is 43.3. The molecule has 230 valence electrons. The van der Waals surface area contributed by atoms with E-state index in [1.165, 1.54) is 53.0 Å². The molecule has 2 atom stereocenters. The molecule has 0 bridgehead atoms. The molecule has 14 heteroatoms. The highest BCUT2D eigenvalue weighted by atomic mass is 32.1. The number of ether oxygens (including phenoxy) is 2. The van der Waals surface area contributed by atoms with Gasteiger partial charge < -0.3 is 14.4 Å². The lowest BCUT2D eigenvalue weighted by Crippen LogP contribution is -2.47. The quantitative estimate of drug-likeness (QED) is 0.229. The molecule has 0 fully saturated rings. The fourth-order valence-electron chi connectivity index (χ4n) is 4.73. The number of carbonyl (C=O) groups excluding carboxylic acids is 1. The van der Waals surface area contributed by atoms with Crippen LogP contribution in [0.15, 0.2) is 46.2 Å². The van der Waals surface area contributed by atoms with Gasteiger partial charge in [-0.25, -0.2) is 18.4 Å². The maximum atomic E-state index is 14.4. The highest BCUT2D eigenvalue weighted by Gasteiger charge is 2.30. The standard InChI is InChI=1S/C29H33FN6O5S.H2S/c1-17(2)33(5)25(37)19(4)36-26(38)24-18(3)27(35-13-8-12-32-35)42-28(24)34(29(36)39)16-23(41-14-7-11-31)21-15-20(30)9-10-22(21)40-6;/h8-10,12-13,15,17,19,23H,7,14,16H2,1-6H3;1H2/t19-,23-;/m0./s1. The molecule has 0 radical (unpaired) electrons. The van der Waals surface area contributed by atoms with Crippen LogP contribution in [0.3, 0.4) is 0 Å². The van der Waals surface area contributed by atoms with E-state index in [2.05, 4.69) is 5.10 Å². The summed E-state index contributed by atoms with van der Waals surface area (Å²) in [7, 11) is 3.05. The van der Waals surface area contributed by atoms with Crippen LogP contribution in [0.1, 0.15) is 50.5 Å². The summed E-state index contributed by atoms with van der Waals surface area (Å²) < 4.78 is 29.9. The van der Waals surface area contributed by atoms with Crippen LogP contribution in [-0.4, -0.2) is 56.5 Å². The van der Waals surface area contributed by atoms with Gasteiger partial charge >= 0.3 is 5.69 Å². The molecule has 3 aromatic heterocycles. The van der Waals surface area contributed by atoms with Crippen LogP contribution in [0.5, 0.6) is 5.75 Å². The van der Waals surface area contributed by atoms with Crippen molar-refractivity contribution in [3.8, 4) is 16.8 Å². The summed E-state index contributed by atoms with van der Waals surface area (Å²) in [6.07, 6.45) is 2.46. The lowest BCUT2D eigenvalue weighted by Gasteiger charge is -2.27. The van der Waals surface area contributed by atoms with Gasteiger partial charge in [-0.2, -0.15) is 23.9 Å². The van der Waals surface area contributed by atoms with Gasteiger partial charge in [-0.1, -0.05) is 11.3 Å². The summed E-state index contributed by atoms with van der Waals surface area (Å²) in [5, 5.41) is 14.3. The third-order valence-corrected chi connectivity index (χ3v) is 8.52. The van der Waals surface area contributed by atoms with E-state index in [0.717, 1.165) is 4.57 Å². The van der Waals surface area contributed by atoms with Crippen LogP contribution >= 0.6 is 24.8 Å². The first-order chi connectivity index (χ1) is 20.0.